The zero-order valence-corrected chi connectivity index (χ0v) is 17.7. The summed E-state index contributed by atoms with van der Waals surface area (Å²) in [5.74, 6) is 0.164. The van der Waals surface area contributed by atoms with Crippen LogP contribution >= 0.6 is 11.8 Å². The molecule has 7 heteroatoms. The van der Waals surface area contributed by atoms with Crippen LogP contribution in [0.3, 0.4) is 0 Å². The molecule has 0 saturated carbocycles. The number of aryl methyl sites for hydroxylation is 1. The number of carbonyl (C=O) groups is 1. The number of amidine groups is 1. The standard InChI is InChI=1S/C22H24N2O3S2/c25-21(13-7-12-17-8-3-1-4-9-17)23-22-24(14-18-10-5-2-6-11-18)19-15-29(26,27)16-20(19)28-22/h1-6,8-11,19-20H,7,12-16H2/t19-,20+/m0/s1. The van der Waals surface area contributed by atoms with Gasteiger partial charge in [-0.05, 0) is 24.0 Å². The highest BCUT2D eigenvalue weighted by Crippen LogP contribution is 2.39. The first-order valence-corrected chi connectivity index (χ1v) is 12.5. The number of benzene rings is 2. The summed E-state index contributed by atoms with van der Waals surface area (Å²) in [7, 11) is -3.03. The van der Waals surface area contributed by atoms with Crippen LogP contribution in [0.15, 0.2) is 65.7 Å². The number of fused-ring (bicyclic) bond motifs is 1. The fourth-order valence-electron chi connectivity index (χ4n) is 3.85. The van der Waals surface area contributed by atoms with E-state index in [2.05, 4.69) is 17.1 Å². The highest BCUT2D eigenvalue weighted by molar-refractivity contribution is 8.15. The van der Waals surface area contributed by atoms with E-state index >= 15 is 0 Å². The van der Waals surface area contributed by atoms with E-state index in [-0.39, 0.29) is 28.7 Å². The number of rotatable bonds is 6. The molecule has 0 bridgehead atoms. The molecule has 2 aliphatic heterocycles. The molecule has 2 aliphatic rings. The summed E-state index contributed by atoms with van der Waals surface area (Å²) in [4.78, 5) is 18.9. The Morgan fingerprint density at radius 1 is 1.00 bits per heavy atom. The van der Waals surface area contributed by atoms with Crippen molar-refractivity contribution in [3.05, 3.63) is 71.8 Å². The Morgan fingerprint density at radius 2 is 1.66 bits per heavy atom. The summed E-state index contributed by atoms with van der Waals surface area (Å²) < 4.78 is 24.2. The molecule has 0 spiro atoms. The van der Waals surface area contributed by atoms with Gasteiger partial charge in [0.2, 0.25) is 5.91 Å². The Kier molecular flexibility index (Phi) is 6.06. The fourth-order valence-corrected chi connectivity index (χ4v) is 7.82. The SMILES string of the molecule is O=C(CCCc1ccccc1)N=C1S[C@@H]2CS(=O)(=O)C[C@@H]2N1Cc1ccccc1. The molecule has 5 nitrogen and oxygen atoms in total. The van der Waals surface area contributed by atoms with E-state index in [1.165, 1.54) is 17.3 Å². The Hall–Kier alpha value is -2.12. The van der Waals surface area contributed by atoms with Crippen molar-refractivity contribution in [3.8, 4) is 0 Å². The van der Waals surface area contributed by atoms with Crippen molar-refractivity contribution in [1.29, 1.82) is 0 Å². The predicted molar refractivity (Wildman–Crippen MR) is 118 cm³/mol. The average Bonchev–Trinajstić information content (AvgIpc) is 3.15. The van der Waals surface area contributed by atoms with Gasteiger partial charge in [-0.2, -0.15) is 4.99 Å². The number of sulfone groups is 1. The van der Waals surface area contributed by atoms with Gasteiger partial charge in [0.1, 0.15) is 0 Å². The van der Waals surface area contributed by atoms with Crippen LogP contribution in [0.4, 0.5) is 0 Å². The summed E-state index contributed by atoms with van der Waals surface area (Å²) in [6.45, 7) is 0.570. The highest BCUT2D eigenvalue weighted by Gasteiger charge is 2.48. The average molecular weight is 429 g/mol. The maximum Gasteiger partial charge on any atom is 0.248 e. The van der Waals surface area contributed by atoms with E-state index in [0.717, 1.165) is 18.4 Å². The van der Waals surface area contributed by atoms with Gasteiger partial charge in [-0.15, -0.1) is 0 Å². The van der Waals surface area contributed by atoms with Gasteiger partial charge in [0.15, 0.2) is 15.0 Å². The van der Waals surface area contributed by atoms with E-state index < -0.39 is 9.84 Å². The minimum atomic E-state index is -3.03. The molecule has 29 heavy (non-hydrogen) atoms. The van der Waals surface area contributed by atoms with Crippen LogP contribution in [0.5, 0.6) is 0 Å². The van der Waals surface area contributed by atoms with Crippen LogP contribution in [-0.2, 0) is 27.6 Å². The molecule has 2 atom stereocenters. The Bertz CT molecular complexity index is 991. The molecule has 1 amide bonds. The molecule has 0 aromatic heterocycles. The molecule has 2 heterocycles. The topological polar surface area (TPSA) is 66.8 Å². The molecule has 0 N–H and O–H groups in total. The first-order valence-electron chi connectivity index (χ1n) is 9.83. The summed E-state index contributed by atoms with van der Waals surface area (Å²) in [5.41, 5.74) is 2.30. The number of nitrogens with zero attached hydrogens (tertiary/aromatic N) is 2. The molecule has 2 fully saturated rings. The van der Waals surface area contributed by atoms with Gasteiger partial charge in [-0.25, -0.2) is 8.42 Å². The summed E-state index contributed by atoms with van der Waals surface area (Å²) in [6, 6.07) is 19.9. The molecule has 0 radical (unpaired) electrons. The molecule has 4 rings (SSSR count). The summed E-state index contributed by atoms with van der Waals surface area (Å²) >= 11 is 1.44. The zero-order chi connectivity index (χ0) is 20.3. The quantitative estimate of drug-likeness (QED) is 0.706. The minimum absolute atomic E-state index is 0.0421. The molecule has 152 valence electrons. The van der Waals surface area contributed by atoms with E-state index in [1.54, 1.807) is 0 Å². The van der Waals surface area contributed by atoms with Gasteiger partial charge in [-0.3, -0.25) is 4.79 Å². The van der Waals surface area contributed by atoms with Crippen molar-refractivity contribution < 1.29 is 13.2 Å². The second kappa shape index (κ2) is 8.71. The third-order valence-electron chi connectivity index (χ3n) is 5.29. The van der Waals surface area contributed by atoms with Crippen LogP contribution in [0.1, 0.15) is 24.0 Å². The minimum Gasteiger partial charge on any atom is -0.342 e. The van der Waals surface area contributed by atoms with E-state index in [0.29, 0.717) is 18.1 Å². The van der Waals surface area contributed by atoms with Crippen LogP contribution in [-0.4, -0.2) is 47.2 Å². The molecular formula is C22H24N2O3S2. The number of thioether (sulfide) groups is 1. The van der Waals surface area contributed by atoms with Crippen LogP contribution in [0.2, 0.25) is 0 Å². The van der Waals surface area contributed by atoms with Crippen molar-refractivity contribution >= 4 is 32.7 Å². The van der Waals surface area contributed by atoms with Crippen molar-refractivity contribution in [2.24, 2.45) is 4.99 Å². The predicted octanol–water partition coefficient (Wildman–Crippen LogP) is 3.31. The van der Waals surface area contributed by atoms with Gasteiger partial charge in [0.05, 0.1) is 17.5 Å². The fraction of sp³-hybridized carbons (Fsp3) is 0.364. The van der Waals surface area contributed by atoms with E-state index in [9.17, 15) is 13.2 Å². The Morgan fingerprint density at radius 3 is 2.34 bits per heavy atom. The normalized spacial score (nSPS) is 24.0. The Labute approximate surface area is 176 Å². The number of aliphatic imine (C=N–C) groups is 1. The second-order valence-electron chi connectivity index (χ2n) is 7.54. The van der Waals surface area contributed by atoms with Crippen molar-refractivity contribution in [2.75, 3.05) is 11.5 Å². The third-order valence-corrected chi connectivity index (χ3v) is 8.54. The summed E-state index contributed by atoms with van der Waals surface area (Å²) in [6.07, 6.45) is 2.00. The van der Waals surface area contributed by atoms with Crippen LogP contribution < -0.4 is 0 Å². The van der Waals surface area contributed by atoms with Gasteiger partial charge in [0, 0.05) is 18.2 Å². The summed E-state index contributed by atoms with van der Waals surface area (Å²) in [5, 5.41) is 0.628. The monoisotopic (exact) mass is 428 g/mol. The molecule has 0 aliphatic carbocycles. The lowest BCUT2D eigenvalue weighted by Gasteiger charge is -2.24. The van der Waals surface area contributed by atoms with Crippen molar-refractivity contribution in [2.45, 2.75) is 37.1 Å². The van der Waals surface area contributed by atoms with Crippen LogP contribution in [0.25, 0.3) is 0 Å². The molecule has 0 unspecified atom stereocenters. The lowest BCUT2D eigenvalue weighted by Crippen LogP contribution is -2.37. The molecule has 2 saturated heterocycles. The smallest absolute Gasteiger partial charge is 0.248 e. The van der Waals surface area contributed by atoms with E-state index in [1.807, 2.05) is 53.4 Å². The lowest BCUT2D eigenvalue weighted by atomic mass is 10.1. The number of hydrogen-bond acceptors (Lipinski definition) is 4. The number of hydrogen-bond donors (Lipinski definition) is 0. The first-order chi connectivity index (χ1) is 14.0. The molecular weight excluding hydrogens is 404 g/mol. The van der Waals surface area contributed by atoms with Gasteiger partial charge in [0.25, 0.3) is 0 Å². The van der Waals surface area contributed by atoms with Crippen molar-refractivity contribution in [1.82, 2.24) is 4.90 Å². The first kappa shape index (κ1) is 20.2. The van der Waals surface area contributed by atoms with Crippen molar-refractivity contribution in [3.63, 3.8) is 0 Å². The zero-order valence-electron chi connectivity index (χ0n) is 16.1. The maximum absolute atomic E-state index is 12.5. The van der Waals surface area contributed by atoms with E-state index in [4.69, 9.17) is 0 Å². The molecule has 2 aromatic carbocycles. The van der Waals surface area contributed by atoms with Gasteiger partial charge < -0.3 is 4.90 Å². The second-order valence-corrected chi connectivity index (χ2v) is 10.9. The highest BCUT2D eigenvalue weighted by atomic mass is 32.2. The van der Waals surface area contributed by atoms with Gasteiger partial charge in [-0.1, -0.05) is 72.4 Å². The largest absolute Gasteiger partial charge is 0.342 e. The molecule has 2 aromatic rings. The third kappa shape index (κ3) is 5.08. The van der Waals surface area contributed by atoms with Gasteiger partial charge >= 0.3 is 0 Å². The number of carbonyl (C=O) groups excluding carboxylic acids is 1. The number of amides is 1. The van der Waals surface area contributed by atoms with Crippen LogP contribution in [0, 0.1) is 0 Å². The Balaban J connectivity index is 1.44. The maximum atomic E-state index is 12.5. The lowest BCUT2D eigenvalue weighted by molar-refractivity contribution is -0.117.